The van der Waals surface area contributed by atoms with Gasteiger partial charge in [-0.25, -0.2) is 0 Å². The Morgan fingerprint density at radius 3 is 2.38 bits per heavy atom. The fourth-order valence-electron chi connectivity index (χ4n) is 7.23. The van der Waals surface area contributed by atoms with Crippen molar-refractivity contribution in [2.45, 2.75) is 58.4 Å². The fraction of sp³-hybridized carbons (Fsp3) is 0.737. The maximum absolute atomic E-state index is 4.38. The van der Waals surface area contributed by atoms with E-state index < -0.39 is 0 Å². The Hall–Kier alpha value is -0.890. The van der Waals surface area contributed by atoms with Crippen LogP contribution in [0.3, 0.4) is 0 Å². The molecule has 2 heteroatoms. The van der Waals surface area contributed by atoms with Crippen molar-refractivity contribution >= 4 is 0 Å². The van der Waals surface area contributed by atoms with E-state index in [1.807, 2.05) is 6.20 Å². The minimum atomic E-state index is 0.445. The minimum Gasteiger partial charge on any atom is -0.312 e. The smallest absolute Gasteiger partial charge is 0.0390 e. The largest absolute Gasteiger partial charge is 0.312 e. The highest BCUT2D eigenvalue weighted by molar-refractivity contribution is 5.22. The Kier molecular flexibility index (Phi) is 2.83. The molecule has 0 aromatic carbocycles. The average molecular weight is 284 g/mol. The van der Waals surface area contributed by atoms with E-state index in [1.54, 1.807) is 0 Å². The summed E-state index contributed by atoms with van der Waals surface area (Å²) in [6.07, 6.45) is 12.5. The molecule has 4 saturated carbocycles. The molecule has 0 radical (unpaired) electrons. The molecule has 0 amide bonds. The van der Waals surface area contributed by atoms with Crippen molar-refractivity contribution in [3.05, 3.63) is 30.1 Å². The number of hydrogen-bond donors (Lipinski definition) is 1. The number of hydrogen-bond acceptors (Lipinski definition) is 2. The Morgan fingerprint density at radius 1 is 1.14 bits per heavy atom. The second-order valence-corrected chi connectivity index (χ2v) is 9.00. The highest BCUT2D eigenvalue weighted by Gasteiger charge is 2.62. The van der Waals surface area contributed by atoms with Gasteiger partial charge in [-0.15, -0.1) is 0 Å². The molecule has 4 aliphatic rings. The van der Waals surface area contributed by atoms with Crippen molar-refractivity contribution in [2.24, 2.45) is 22.2 Å². The standard InChI is InChI=1S/C19H28N2/c1-17-7-14-8-18(2,11-17)13-19(9-14,12-17)16(20-3)15-5-4-6-21-10-15/h4-6,10,14,16,20H,7-9,11-13H2,1-3H3. The van der Waals surface area contributed by atoms with Crippen molar-refractivity contribution in [2.75, 3.05) is 7.05 Å². The molecule has 0 aliphatic heterocycles. The van der Waals surface area contributed by atoms with E-state index in [4.69, 9.17) is 0 Å². The van der Waals surface area contributed by atoms with E-state index in [-0.39, 0.29) is 0 Å². The Morgan fingerprint density at radius 2 is 1.86 bits per heavy atom. The molecule has 1 aromatic rings. The van der Waals surface area contributed by atoms with Gasteiger partial charge in [0, 0.05) is 18.4 Å². The molecule has 1 heterocycles. The van der Waals surface area contributed by atoms with Crippen LogP contribution in [0.5, 0.6) is 0 Å². The van der Waals surface area contributed by atoms with Crippen LogP contribution in [0.15, 0.2) is 24.5 Å². The van der Waals surface area contributed by atoms with Crippen LogP contribution in [0.1, 0.15) is 64.0 Å². The summed E-state index contributed by atoms with van der Waals surface area (Å²) in [5.74, 6) is 0.948. The van der Waals surface area contributed by atoms with E-state index >= 15 is 0 Å². The van der Waals surface area contributed by atoms with Gasteiger partial charge in [-0.05, 0) is 79.4 Å². The molecule has 3 unspecified atom stereocenters. The van der Waals surface area contributed by atoms with Crippen molar-refractivity contribution in [1.82, 2.24) is 10.3 Å². The molecule has 0 saturated heterocycles. The van der Waals surface area contributed by atoms with Gasteiger partial charge in [0.15, 0.2) is 0 Å². The van der Waals surface area contributed by atoms with Gasteiger partial charge in [-0.1, -0.05) is 19.9 Å². The van der Waals surface area contributed by atoms with Gasteiger partial charge in [0.1, 0.15) is 0 Å². The second kappa shape index (κ2) is 4.32. The van der Waals surface area contributed by atoms with Gasteiger partial charge in [0.2, 0.25) is 0 Å². The molecule has 114 valence electrons. The van der Waals surface area contributed by atoms with Gasteiger partial charge < -0.3 is 5.32 Å². The van der Waals surface area contributed by atoms with Crippen LogP contribution in [0, 0.1) is 22.2 Å². The van der Waals surface area contributed by atoms with Crippen LogP contribution in [0.4, 0.5) is 0 Å². The lowest BCUT2D eigenvalue weighted by Crippen LogP contribution is -2.58. The van der Waals surface area contributed by atoms with Crippen LogP contribution in [-0.2, 0) is 0 Å². The van der Waals surface area contributed by atoms with E-state index in [0.717, 1.165) is 5.92 Å². The summed E-state index contributed by atoms with van der Waals surface area (Å²) in [6.45, 7) is 5.11. The van der Waals surface area contributed by atoms with Gasteiger partial charge in [0.05, 0.1) is 0 Å². The Bertz CT molecular complexity index is 520. The summed E-state index contributed by atoms with van der Waals surface area (Å²) < 4.78 is 0. The normalized spacial score (nSPS) is 45.8. The summed E-state index contributed by atoms with van der Waals surface area (Å²) >= 11 is 0. The maximum atomic E-state index is 4.38. The topological polar surface area (TPSA) is 24.9 Å². The lowest BCUT2D eigenvalue weighted by molar-refractivity contribution is -0.158. The lowest BCUT2D eigenvalue weighted by atomic mass is 9.39. The molecule has 1 aromatic heterocycles. The predicted molar refractivity (Wildman–Crippen MR) is 85.9 cm³/mol. The average Bonchev–Trinajstić information content (AvgIpc) is 2.36. The molecule has 2 nitrogen and oxygen atoms in total. The first-order valence-corrected chi connectivity index (χ1v) is 8.53. The molecule has 0 spiro atoms. The summed E-state index contributed by atoms with van der Waals surface area (Å²) in [5, 5.41) is 3.67. The molecular weight excluding hydrogens is 256 g/mol. The van der Waals surface area contributed by atoms with Crippen molar-refractivity contribution in [3.63, 3.8) is 0 Å². The minimum absolute atomic E-state index is 0.445. The van der Waals surface area contributed by atoms with E-state index in [2.05, 4.69) is 49.5 Å². The summed E-state index contributed by atoms with van der Waals surface area (Å²) in [6, 6.07) is 4.81. The van der Waals surface area contributed by atoms with Crippen LogP contribution in [0.25, 0.3) is 0 Å². The molecule has 4 bridgehead atoms. The van der Waals surface area contributed by atoms with Crippen LogP contribution in [0.2, 0.25) is 0 Å². The third-order valence-electron chi connectivity index (χ3n) is 6.59. The monoisotopic (exact) mass is 284 g/mol. The van der Waals surface area contributed by atoms with Gasteiger partial charge in [-0.2, -0.15) is 0 Å². The number of rotatable bonds is 3. The van der Waals surface area contributed by atoms with Crippen molar-refractivity contribution < 1.29 is 0 Å². The number of nitrogens with one attached hydrogen (secondary N) is 1. The SMILES string of the molecule is CNC(c1cccnc1)C12CC3CC(C)(CC(C)(C3)C1)C2. The third kappa shape index (κ3) is 2.06. The molecular formula is C19H28N2. The van der Waals surface area contributed by atoms with Gasteiger partial charge in [0.25, 0.3) is 0 Å². The maximum Gasteiger partial charge on any atom is 0.0390 e. The first-order valence-electron chi connectivity index (χ1n) is 8.53. The molecule has 3 atom stereocenters. The third-order valence-corrected chi connectivity index (χ3v) is 6.59. The fourth-order valence-corrected chi connectivity index (χ4v) is 7.23. The highest BCUT2D eigenvalue weighted by atomic mass is 14.9. The molecule has 4 aliphatic carbocycles. The molecule has 4 fully saturated rings. The van der Waals surface area contributed by atoms with E-state index in [0.29, 0.717) is 22.3 Å². The Labute approximate surface area is 128 Å². The van der Waals surface area contributed by atoms with Crippen LogP contribution >= 0.6 is 0 Å². The summed E-state index contributed by atoms with van der Waals surface area (Å²) in [5.41, 5.74) is 2.98. The zero-order chi connectivity index (χ0) is 14.7. The van der Waals surface area contributed by atoms with Crippen LogP contribution in [-0.4, -0.2) is 12.0 Å². The van der Waals surface area contributed by atoms with Gasteiger partial charge in [-0.3, -0.25) is 4.98 Å². The molecule has 1 N–H and O–H groups in total. The number of pyridine rings is 1. The van der Waals surface area contributed by atoms with Crippen LogP contribution < -0.4 is 5.32 Å². The van der Waals surface area contributed by atoms with E-state index in [1.165, 1.54) is 44.1 Å². The first-order chi connectivity index (χ1) is 9.96. The number of nitrogens with zero attached hydrogens (tertiary/aromatic N) is 1. The zero-order valence-electron chi connectivity index (χ0n) is 13.7. The zero-order valence-corrected chi connectivity index (χ0v) is 13.7. The highest BCUT2D eigenvalue weighted by Crippen LogP contribution is 2.72. The predicted octanol–water partition coefficient (Wildman–Crippen LogP) is 4.34. The first kappa shape index (κ1) is 13.8. The van der Waals surface area contributed by atoms with E-state index in [9.17, 15) is 0 Å². The number of aromatic nitrogens is 1. The molecule has 5 rings (SSSR count). The van der Waals surface area contributed by atoms with Gasteiger partial charge >= 0.3 is 0 Å². The van der Waals surface area contributed by atoms with Crippen molar-refractivity contribution in [1.29, 1.82) is 0 Å². The molecule has 21 heavy (non-hydrogen) atoms. The quantitative estimate of drug-likeness (QED) is 0.893. The lowest BCUT2D eigenvalue weighted by Gasteiger charge is -2.67. The Balaban J connectivity index is 1.76. The summed E-state index contributed by atoms with van der Waals surface area (Å²) in [4.78, 5) is 4.38. The summed E-state index contributed by atoms with van der Waals surface area (Å²) in [7, 11) is 2.14. The second-order valence-electron chi connectivity index (χ2n) is 9.00. The van der Waals surface area contributed by atoms with Crippen molar-refractivity contribution in [3.8, 4) is 0 Å².